The van der Waals surface area contributed by atoms with Crippen molar-refractivity contribution in [1.82, 2.24) is 14.8 Å². The van der Waals surface area contributed by atoms with Gasteiger partial charge in [-0.15, -0.1) is 0 Å². The zero-order valence-electron chi connectivity index (χ0n) is 14.7. The minimum absolute atomic E-state index is 0.00689. The second-order valence-electron chi connectivity index (χ2n) is 6.43. The predicted molar refractivity (Wildman–Crippen MR) is 94.5 cm³/mol. The van der Waals surface area contributed by atoms with Crippen molar-refractivity contribution in [2.75, 3.05) is 0 Å². The van der Waals surface area contributed by atoms with Crippen LogP contribution in [0.25, 0.3) is 0 Å². The van der Waals surface area contributed by atoms with E-state index in [1.165, 1.54) is 17.1 Å². The van der Waals surface area contributed by atoms with E-state index in [0.717, 1.165) is 17.7 Å². The van der Waals surface area contributed by atoms with E-state index >= 15 is 0 Å². The molecule has 0 aliphatic rings. The second kappa shape index (κ2) is 7.64. The molecule has 0 fully saturated rings. The molecule has 0 bridgehead atoms. The molecule has 0 spiro atoms. The van der Waals surface area contributed by atoms with Crippen molar-refractivity contribution in [3.8, 4) is 6.07 Å². The molecule has 1 aromatic heterocycles. The molecule has 0 aliphatic heterocycles. The Morgan fingerprint density at radius 1 is 1.19 bits per heavy atom. The van der Waals surface area contributed by atoms with Crippen LogP contribution in [0.15, 0.2) is 48.8 Å². The van der Waals surface area contributed by atoms with Crippen LogP contribution in [0, 0.1) is 29.9 Å². The molecular formula is C20H18F2N4O. The lowest BCUT2D eigenvalue weighted by Gasteiger charge is -2.29. The van der Waals surface area contributed by atoms with Crippen LogP contribution in [0.3, 0.4) is 0 Å². The van der Waals surface area contributed by atoms with E-state index in [2.05, 4.69) is 10.1 Å². The van der Waals surface area contributed by atoms with Crippen LogP contribution >= 0.6 is 0 Å². The summed E-state index contributed by atoms with van der Waals surface area (Å²) in [5, 5.41) is 24.3. The van der Waals surface area contributed by atoms with Gasteiger partial charge in [-0.3, -0.25) is 0 Å². The van der Waals surface area contributed by atoms with Crippen LogP contribution < -0.4 is 0 Å². The summed E-state index contributed by atoms with van der Waals surface area (Å²) >= 11 is 0. The Kier molecular flexibility index (Phi) is 5.28. The maximum absolute atomic E-state index is 14.4. The summed E-state index contributed by atoms with van der Waals surface area (Å²) in [7, 11) is 0. The van der Waals surface area contributed by atoms with Gasteiger partial charge >= 0.3 is 0 Å². The number of nitriles is 1. The summed E-state index contributed by atoms with van der Waals surface area (Å²) in [5.74, 6) is -0.938. The van der Waals surface area contributed by atoms with Crippen molar-refractivity contribution in [1.29, 1.82) is 5.26 Å². The van der Waals surface area contributed by atoms with E-state index in [1.54, 1.807) is 31.2 Å². The molecular weight excluding hydrogens is 350 g/mol. The number of aromatic nitrogens is 3. The van der Waals surface area contributed by atoms with E-state index < -0.39 is 17.2 Å². The molecule has 7 heteroatoms. The molecule has 0 aliphatic carbocycles. The zero-order valence-corrected chi connectivity index (χ0v) is 14.7. The lowest BCUT2D eigenvalue weighted by Crippen LogP contribution is -2.34. The highest BCUT2D eigenvalue weighted by Gasteiger charge is 2.33. The SMILES string of the molecule is Cc1ncnn1CC(O)(CCc1ccc(C#N)cc1)c1ccc(F)cc1F. The van der Waals surface area contributed by atoms with Gasteiger partial charge in [0.25, 0.3) is 0 Å². The first-order valence-electron chi connectivity index (χ1n) is 8.43. The Balaban J connectivity index is 1.91. The summed E-state index contributed by atoms with van der Waals surface area (Å²) in [6.07, 6.45) is 1.98. The highest BCUT2D eigenvalue weighted by molar-refractivity contribution is 5.32. The molecule has 138 valence electrons. The van der Waals surface area contributed by atoms with Crippen LogP contribution in [0.1, 0.15) is 28.9 Å². The molecule has 1 unspecified atom stereocenters. The molecule has 0 saturated carbocycles. The minimum atomic E-state index is -1.61. The van der Waals surface area contributed by atoms with Gasteiger partial charge in [-0.1, -0.05) is 18.2 Å². The van der Waals surface area contributed by atoms with Gasteiger partial charge in [-0.2, -0.15) is 10.4 Å². The Bertz CT molecular complexity index is 978. The largest absolute Gasteiger partial charge is 0.383 e. The normalized spacial score (nSPS) is 13.1. The number of hydrogen-bond acceptors (Lipinski definition) is 4. The summed E-state index contributed by atoms with van der Waals surface area (Å²) in [5.41, 5.74) is -0.168. The fraction of sp³-hybridized carbons (Fsp3) is 0.250. The fourth-order valence-corrected chi connectivity index (χ4v) is 2.99. The molecule has 0 amide bonds. The second-order valence-corrected chi connectivity index (χ2v) is 6.43. The number of hydrogen-bond donors (Lipinski definition) is 1. The first kappa shape index (κ1) is 18.7. The van der Waals surface area contributed by atoms with Crippen LogP contribution in [-0.4, -0.2) is 19.9 Å². The lowest BCUT2D eigenvalue weighted by molar-refractivity contribution is 0.00258. The smallest absolute Gasteiger partial charge is 0.138 e. The monoisotopic (exact) mass is 368 g/mol. The highest BCUT2D eigenvalue weighted by Crippen LogP contribution is 2.31. The number of aliphatic hydroxyl groups is 1. The fourth-order valence-electron chi connectivity index (χ4n) is 2.99. The molecule has 0 radical (unpaired) electrons. The van der Waals surface area contributed by atoms with Crippen molar-refractivity contribution < 1.29 is 13.9 Å². The van der Waals surface area contributed by atoms with E-state index in [1.807, 2.05) is 6.07 Å². The summed E-state index contributed by atoms with van der Waals surface area (Å²) < 4.78 is 29.2. The van der Waals surface area contributed by atoms with Crippen LogP contribution in [-0.2, 0) is 18.6 Å². The molecule has 27 heavy (non-hydrogen) atoms. The quantitative estimate of drug-likeness (QED) is 0.725. The van der Waals surface area contributed by atoms with E-state index in [9.17, 15) is 13.9 Å². The molecule has 3 aromatic rings. The molecule has 5 nitrogen and oxygen atoms in total. The van der Waals surface area contributed by atoms with Crippen molar-refractivity contribution >= 4 is 0 Å². The third-order valence-electron chi connectivity index (χ3n) is 4.56. The van der Waals surface area contributed by atoms with Crippen molar-refractivity contribution in [2.24, 2.45) is 0 Å². The number of rotatable bonds is 6. The van der Waals surface area contributed by atoms with Crippen LogP contribution in [0.5, 0.6) is 0 Å². The Morgan fingerprint density at radius 2 is 1.93 bits per heavy atom. The number of nitrogens with zero attached hydrogens (tertiary/aromatic N) is 4. The van der Waals surface area contributed by atoms with Gasteiger partial charge in [-0.05, 0) is 43.5 Å². The van der Waals surface area contributed by atoms with E-state index in [0.29, 0.717) is 17.8 Å². The molecule has 0 saturated heterocycles. The molecule has 3 rings (SSSR count). The van der Waals surface area contributed by atoms with Gasteiger partial charge in [-0.25, -0.2) is 18.4 Å². The van der Waals surface area contributed by atoms with Gasteiger partial charge < -0.3 is 5.11 Å². The van der Waals surface area contributed by atoms with E-state index in [4.69, 9.17) is 5.26 Å². The third-order valence-corrected chi connectivity index (χ3v) is 4.56. The summed E-state index contributed by atoms with van der Waals surface area (Å²) in [6.45, 7) is 1.71. The molecule has 2 aromatic carbocycles. The van der Waals surface area contributed by atoms with Gasteiger partial charge in [0.15, 0.2) is 0 Å². The first-order valence-corrected chi connectivity index (χ1v) is 8.43. The maximum atomic E-state index is 14.4. The van der Waals surface area contributed by atoms with Crippen LogP contribution in [0.4, 0.5) is 8.78 Å². The first-order chi connectivity index (χ1) is 12.9. The molecule has 1 N–H and O–H groups in total. The Morgan fingerprint density at radius 3 is 2.52 bits per heavy atom. The topological polar surface area (TPSA) is 74.7 Å². The number of benzene rings is 2. The third kappa shape index (κ3) is 4.18. The average Bonchev–Trinajstić information content (AvgIpc) is 3.04. The van der Waals surface area contributed by atoms with Crippen molar-refractivity contribution in [2.45, 2.75) is 31.9 Å². The van der Waals surface area contributed by atoms with E-state index in [-0.39, 0.29) is 18.5 Å². The summed E-state index contributed by atoms with van der Waals surface area (Å²) in [4.78, 5) is 4.02. The lowest BCUT2D eigenvalue weighted by atomic mass is 9.87. The average molecular weight is 368 g/mol. The minimum Gasteiger partial charge on any atom is -0.383 e. The van der Waals surface area contributed by atoms with Gasteiger partial charge in [0.2, 0.25) is 0 Å². The Hall–Kier alpha value is -3.11. The Labute approximate surface area is 155 Å². The highest BCUT2D eigenvalue weighted by atomic mass is 19.1. The predicted octanol–water partition coefficient (Wildman–Crippen LogP) is 3.26. The van der Waals surface area contributed by atoms with Gasteiger partial charge in [0, 0.05) is 11.6 Å². The zero-order chi connectivity index (χ0) is 19.4. The van der Waals surface area contributed by atoms with Crippen molar-refractivity contribution in [3.05, 3.63) is 82.9 Å². The summed E-state index contributed by atoms with van der Waals surface area (Å²) in [6, 6.07) is 12.2. The molecule has 1 atom stereocenters. The van der Waals surface area contributed by atoms with Crippen LogP contribution in [0.2, 0.25) is 0 Å². The standard InChI is InChI=1S/C20H18F2N4O/c1-14-24-13-25-26(14)12-20(27,18-7-6-17(21)10-19(18)22)9-8-15-2-4-16(11-23)5-3-15/h2-7,10,13,27H,8-9,12H2,1H3. The van der Waals surface area contributed by atoms with Gasteiger partial charge in [0.05, 0.1) is 18.2 Å². The van der Waals surface area contributed by atoms with Crippen molar-refractivity contribution in [3.63, 3.8) is 0 Å². The number of halogens is 2. The number of aryl methyl sites for hydroxylation is 2. The van der Waals surface area contributed by atoms with Gasteiger partial charge in [0.1, 0.15) is 29.4 Å². The molecule has 1 heterocycles. The maximum Gasteiger partial charge on any atom is 0.138 e.